The largest absolute Gasteiger partial charge is 0.338 e. The fourth-order valence-electron chi connectivity index (χ4n) is 3.75. The molecule has 2 saturated carbocycles. The normalized spacial score (nSPS) is 31.6. The van der Waals surface area contributed by atoms with Crippen LogP contribution in [0.4, 0.5) is 0 Å². The first-order valence-corrected chi connectivity index (χ1v) is 8.25. The first kappa shape index (κ1) is 12.8. The third-order valence-corrected chi connectivity index (χ3v) is 5.39. The number of hydrogen-bond acceptors (Lipinski definition) is 3. The Labute approximate surface area is 121 Å². The lowest BCUT2D eigenvalue weighted by atomic mass is 10.0. The van der Waals surface area contributed by atoms with Gasteiger partial charge in [0.15, 0.2) is 0 Å². The molecule has 2 unspecified atom stereocenters. The minimum atomic E-state index is 0.756. The molecule has 1 aromatic rings. The van der Waals surface area contributed by atoms with Gasteiger partial charge in [-0.15, -0.1) is 0 Å². The van der Waals surface area contributed by atoms with Crippen LogP contribution in [0.5, 0.6) is 0 Å². The van der Waals surface area contributed by atoms with E-state index in [0.29, 0.717) is 0 Å². The van der Waals surface area contributed by atoms with E-state index in [1.807, 2.05) is 6.20 Å². The van der Waals surface area contributed by atoms with Crippen LogP contribution < -0.4 is 5.32 Å². The SMILES string of the molecule is Cn1ccnc1CCN1CC(C2CC2)NCC1C1CC1. The lowest BCUT2D eigenvalue weighted by Gasteiger charge is -2.41. The van der Waals surface area contributed by atoms with Crippen molar-refractivity contribution < 1.29 is 0 Å². The third-order valence-electron chi connectivity index (χ3n) is 5.39. The van der Waals surface area contributed by atoms with Crippen LogP contribution in [0.1, 0.15) is 31.5 Å². The number of piperazine rings is 1. The quantitative estimate of drug-likeness (QED) is 0.881. The number of imidazole rings is 1. The van der Waals surface area contributed by atoms with Gasteiger partial charge in [-0.1, -0.05) is 0 Å². The van der Waals surface area contributed by atoms with Gasteiger partial charge in [0, 0.05) is 57.6 Å². The second kappa shape index (κ2) is 5.15. The average molecular weight is 274 g/mol. The summed E-state index contributed by atoms with van der Waals surface area (Å²) < 4.78 is 2.16. The zero-order chi connectivity index (χ0) is 13.5. The van der Waals surface area contributed by atoms with Crippen LogP contribution in [0.2, 0.25) is 0 Å². The van der Waals surface area contributed by atoms with Crippen LogP contribution in [0.25, 0.3) is 0 Å². The molecular formula is C16H26N4. The van der Waals surface area contributed by atoms with Crippen molar-refractivity contribution in [1.29, 1.82) is 0 Å². The van der Waals surface area contributed by atoms with Gasteiger partial charge in [0.2, 0.25) is 0 Å². The second-order valence-electron chi connectivity index (χ2n) is 6.96. The van der Waals surface area contributed by atoms with Gasteiger partial charge in [0.05, 0.1) is 0 Å². The number of aryl methyl sites for hydroxylation is 1. The summed E-state index contributed by atoms with van der Waals surface area (Å²) in [6.07, 6.45) is 10.8. The molecule has 2 heterocycles. The first-order valence-electron chi connectivity index (χ1n) is 8.25. The van der Waals surface area contributed by atoms with E-state index in [0.717, 1.165) is 30.3 Å². The fraction of sp³-hybridized carbons (Fsp3) is 0.812. The van der Waals surface area contributed by atoms with E-state index >= 15 is 0 Å². The smallest absolute Gasteiger partial charge is 0.109 e. The maximum absolute atomic E-state index is 4.47. The molecule has 3 fully saturated rings. The van der Waals surface area contributed by atoms with Gasteiger partial charge in [-0.2, -0.15) is 0 Å². The molecule has 1 aromatic heterocycles. The monoisotopic (exact) mass is 274 g/mol. The van der Waals surface area contributed by atoms with Gasteiger partial charge >= 0.3 is 0 Å². The van der Waals surface area contributed by atoms with E-state index in [1.54, 1.807) is 0 Å². The predicted molar refractivity (Wildman–Crippen MR) is 79.5 cm³/mol. The van der Waals surface area contributed by atoms with Gasteiger partial charge < -0.3 is 9.88 Å². The molecule has 4 rings (SSSR count). The van der Waals surface area contributed by atoms with Crippen molar-refractivity contribution in [3.63, 3.8) is 0 Å². The zero-order valence-corrected chi connectivity index (χ0v) is 12.5. The van der Waals surface area contributed by atoms with Crippen LogP contribution >= 0.6 is 0 Å². The molecule has 0 amide bonds. The molecule has 2 aliphatic carbocycles. The van der Waals surface area contributed by atoms with Crippen molar-refractivity contribution in [1.82, 2.24) is 19.8 Å². The van der Waals surface area contributed by atoms with Crippen molar-refractivity contribution in [2.75, 3.05) is 19.6 Å². The van der Waals surface area contributed by atoms with Crippen LogP contribution in [0.15, 0.2) is 12.4 Å². The van der Waals surface area contributed by atoms with E-state index in [1.165, 1.54) is 51.1 Å². The topological polar surface area (TPSA) is 33.1 Å². The van der Waals surface area contributed by atoms with E-state index in [9.17, 15) is 0 Å². The Balaban J connectivity index is 1.40. The van der Waals surface area contributed by atoms with Crippen LogP contribution in [0.3, 0.4) is 0 Å². The Hall–Kier alpha value is -0.870. The fourth-order valence-corrected chi connectivity index (χ4v) is 3.75. The molecule has 3 aliphatic rings. The molecule has 2 atom stereocenters. The number of aromatic nitrogens is 2. The maximum Gasteiger partial charge on any atom is 0.109 e. The van der Waals surface area contributed by atoms with Crippen molar-refractivity contribution in [2.24, 2.45) is 18.9 Å². The van der Waals surface area contributed by atoms with E-state index < -0.39 is 0 Å². The molecule has 1 aliphatic heterocycles. The molecule has 1 saturated heterocycles. The summed E-state index contributed by atoms with van der Waals surface area (Å²) in [6, 6.07) is 1.54. The summed E-state index contributed by atoms with van der Waals surface area (Å²) in [5.41, 5.74) is 0. The average Bonchev–Trinajstić information content (AvgIpc) is 3.36. The maximum atomic E-state index is 4.47. The van der Waals surface area contributed by atoms with E-state index in [2.05, 4.69) is 33.0 Å². The Bertz CT molecular complexity index is 461. The second-order valence-corrected chi connectivity index (χ2v) is 6.96. The van der Waals surface area contributed by atoms with Gasteiger partial charge in [-0.3, -0.25) is 4.90 Å². The molecule has 110 valence electrons. The number of nitrogens with zero attached hydrogens (tertiary/aromatic N) is 3. The Kier molecular flexibility index (Phi) is 3.31. The molecular weight excluding hydrogens is 248 g/mol. The standard InChI is InChI=1S/C16H26N4/c1-19-9-7-17-16(19)6-8-20-11-14(12-2-3-12)18-10-15(20)13-4-5-13/h7,9,12-15,18H,2-6,8,10-11H2,1H3. The summed E-state index contributed by atoms with van der Waals surface area (Å²) in [5, 5.41) is 3.82. The first-order chi connectivity index (χ1) is 9.81. The van der Waals surface area contributed by atoms with Crippen molar-refractivity contribution in [3.8, 4) is 0 Å². The Morgan fingerprint density at radius 1 is 1.25 bits per heavy atom. The van der Waals surface area contributed by atoms with E-state index in [4.69, 9.17) is 0 Å². The molecule has 4 nitrogen and oxygen atoms in total. The predicted octanol–water partition coefficient (Wildman–Crippen LogP) is 1.42. The minimum absolute atomic E-state index is 0.756. The summed E-state index contributed by atoms with van der Waals surface area (Å²) in [6.45, 7) is 3.65. The van der Waals surface area contributed by atoms with Gasteiger partial charge in [0.25, 0.3) is 0 Å². The van der Waals surface area contributed by atoms with Crippen molar-refractivity contribution in [2.45, 2.75) is 44.2 Å². The van der Waals surface area contributed by atoms with Gasteiger partial charge in [-0.05, 0) is 37.5 Å². The van der Waals surface area contributed by atoms with Gasteiger partial charge in [0.1, 0.15) is 5.82 Å². The third kappa shape index (κ3) is 2.63. The van der Waals surface area contributed by atoms with Crippen LogP contribution in [0, 0.1) is 11.8 Å². The highest BCUT2D eigenvalue weighted by Crippen LogP contribution is 2.39. The Morgan fingerprint density at radius 2 is 2.05 bits per heavy atom. The molecule has 4 heteroatoms. The van der Waals surface area contributed by atoms with Crippen LogP contribution in [-0.4, -0.2) is 46.2 Å². The minimum Gasteiger partial charge on any atom is -0.338 e. The Morgan fingerprint density at radius 3 is 2.70 bits per heavy atom. The van der Waals surface area contributed by atoms with E-state index in [-0.39, 0.29) is 0 Å². The highest BCUT2D eigenvalue weighted by atomic mass is 15.2. The lowest BCUT2D eigenvalue weighted by molar-refractivity contribution is 0.108. The lowest BCUT2D eigenvalue weighted by Crippen LogP contribution is -2.58. The molecule has 0 spiro atoms. The number of rotatable bonds is 5. The molecule has 0 aromatic carbocycles. The van der Waals surface area contributed by atoms with Crippen molar-refractivity contribution in [3.05, 3.63) is 18.2 Å². The summed E-state index contributed by atoms with van der Waals surface area (Å²) in [5.74, 6) is 3.15. The highest BCUT2D eigenvalue weighted by molar-refractivity contribution is 5.00. The zero-order valence-electron chi connectivity index (χ0n) is 12.5. The number of nitrogens with one attached hydrogen (secondary N) is 1. The number of hydrogen-bond donors (Lipinski definition) is 1. The summed E-state index contributed by atoms with van der Waals surface area (Å²) in [7, 11) is 2.10. The molecule has 20 heavy (non-hydrogen) atoms. The van der Waals surface area contributed by atoms with Gasteiger partial charge in [-0.25, -0.2) is 4.98 Å². The van der Waals surface area contributed by atoms with Crippen LogP contribution in [-0.2, 0) is 13.5 Å². The molecule has 0 radical (unpaired) electrons. The summed E-state index contributed by atoms with van der Waals surface area (Å²) in [4.78, 5) is 7.24. The summed E-state index contributed by atoms with van der Waals surface area (Å²) >= 11 is 0. The highest BCUT2D eigenvalue weighted by Gasteiger charge is 2.42. The van der Waals surface area contributed by atoms with Crippen molar-refractivity contribution >= 4 is 0 Å². The molecule has 1 N–H and O–H groups in total. The molecule has 0 bridgehead atoms.